The fourth-order valence-corrected chi connectivity index (χ4v) is 5.64. The highest BCUT2D eigenvalue weighted by Crippen LogP contribution is 2.17. The predicted molar refractivity (Wildman–Crippen MR) is 58.9 cm³/mol. The first kappa shape index (κ1) is 12.9. The van der Waals surface area contributed by atoms with Crippen LogP contribution in [-0.2, 0) is 19.9 Å². The standard InChI is InChI=1S/C8H17NO4S2/c1-2-3-5-9-15(12,13)8-4-6-14(10,11)7-8/h8-9H,2-7H2,1H3/t8-/m1/s1. The Balaban J connectivity index is 2.56. The van der Waals surface area contributed by atoms with Crippen molar-refractivity contribution in [3.05, 3.63) is 0 Å². The number of sulfone groups is 1. The number of hydrogen-bond acceptors (Lipinski definition) is 4. The van der Waals surface area contributed by atoms with Crippen molar-refractivity contribution in [2.75, 3.05) is 18.1 Å². The van der Waals surface area contributed by atoms with Crippen LogP contribution in [0.2, 0.25) is 0 Å². The summed E-state index contributed by atoms with van der Waals surface area (Å²) in [6.45, 7) is 2.36. The van der Waals surface area contributed by atoms with E-state index in [4.69, 9.17) is 0 Å². The third kappa shape index (κ3) is 3.73. The van der Waals surface area contributed by atoms with Crippen LogP contribution in [0.1, 0.15) is 26.2 Å². The van der Waals surface area contributed by atoms with E-state index in [1.807, 2.05) is 6.92 Å². The molecule has 0 aliphatic carbocycles. The summed E-state index contributed by atoms with van der Waals surface area (Å²) in [5, 5.41) is -0.751. The molecule has 90 valence electrons. The molecule has 1 N–H and O–H groups in total. The van der Waals surface area contributed by atoms with Gasteiger partial charge in [0, 0.05) is 6.54 Å². The topological polar surface area (TPSA) is 80.3 Å². The minimum atomic E-state index is -3.43. The molecule has 1 saturated heterocycles. The molecule has 1 atom stereocenters. The summed E-state index contributed by atoms with van der Waals surface area (Å²) >= 11 is 0. The predicted octanol–water partition coefficient (Wildman–Crippen LogP) is -0.107. The van der Waals surface area contributed by atoms with Gasteiger partial charge in [-0.05, 0) is 12.8 Å². The molecule has 1 aliphatic heterocycles. The maximum absolute atomic E-state index is 11.6. The zero-order chi connectivity index (χ0) is 11.5. The SMILES string of the molecule is CCCCNS(=O)(=O)[C@@H]1CCS(=O)(=O)C1. The van der Waals surface area contributed by atoms with Gasteiger partial charge in [0.25, 0.3) is 0 Å². The van der Waals surface area contributed by atoms with Gasteiger partial charge in [-0.3, -0.25) is 0 Å². The Bertz CT molecular complexity index is 398. The molecule has 0 aromatic carbocycles. The molecule has 0 spiro atoms. The van der Waals surface area contributed by atoms with Crippen LogP contribution in [0.15, 0.2) is 0 Å². The van der Waals surface area contributed by atoms with E-state index in [-0.39, 0.29) is 17.9 Å². The highest BCUT2D eigenvalue weighted by Gasteiger charge is 2.36. The molecule has 15 heavy (non-hydrogen) atoms. The zero-order valence-corrected chi connectivity index (χ0v) is 10.4. The van der Waals surface area contributed by atoms with Crippen LogP contribution in [0.3, 0.4) is 0 Å². The molecule has 0 bridgehead atoms. The first-order valence-electron chi connectivity index (χ1n) is 5.06. The van der Waals surface area contributed by atoms with Gasteiger partial charge >= 0.3 is 0 Å². The second-order valence-corrected chi connectivity index (χ2v) is 8.09. The maximum Gasteiger partial charge on any atom is 0.215 e. The van der Waals surface area contributed by atoms with Gasteiger partial charge in [-0.15, -0.1) is 0 Å². The Kier molecular flexibility index (Phi) is 4.13. The average molecular weight is 255 g/mol. The molecule has 7 heteroatoms. The largest absolute Gasteiger partial charge is 0.229 e. The first-order chi connectivity index (χ1) is 6.87. The highest BCUT2D eigenvalue weighted by atomic mass is 32.2. The van der Waals surface area contributed by atoms with Gasteiger partial charge in [0.1, 0.15) is 0 Å². The fourth-order valence-electron chi connectivity index (χ4n) is 1.51. The van der Waals surface area contributed by atoms with Crippen LogP contribution < -0.4 is 4.72 Å². The lowest BCUT2D eigenvalue weighted by molar-refractivity contribution is 0.565. The molecule has 0 radical (unpaired) electrons. The van der Waals surface area contributed by atoms with E-state index in [0.29, 0.717) is 6.54 Å². The van der Waals surface area contributed by atoms with Crippen molar-refractivity contribution in [3.63, 3.8) is 0 Å². The molecule has 0 saturated carbocycles. The van der Waals surface area contributed by atoms with Gasteiger partial charge in [-0.1, -0.05) is 13.3 Å². The third-order valence-corrected chi connectivity index (χ3v) is 6.33. The van der Waals surface area contributed by atoms with E-state index in [9.17, 15) is 16.8 Å². The summed E-state index contributed by atoms with van der Waals surface area (Å²) in [5.41, 5.74) is 0. The molecule has 0 amide bonds. The Labute approximate surface area is 91.2 Å². The summed E-state index contributed by atoms with van der Waals surface area (Å²) in [7, 11) is -6.56. The van der Waals surface area contributed by atoms with Crippen LogP contribution in [0.25, 0.3) is 0 Å². The summed E-state index contributed by atoms with van der Waals surface area (Å²) in [6, 6.07) is 0. The van der Waals surface area contributed by atoms with E-state index in [1.54, 1.807) is 0 Å². The van der Waals surface area contributed by atoms with Crippen LogP contribution in [-0.4, -0.2) is 40.1 Å². The first-order valence-corrected chi connectivity index (χ1v) is 8.43. The lowest BCUT2D eigenvalue weighted by Crippen LogP contribution is -2.35. The normalized spacial score (nSPS) is 25.5. The Morgan fingerprint density at radius 2 is 2.07 bits per heavy atom. The fraction of sp³-hybridized carbons (Fsp3) is 1.00. The van der Waals surface area contributed by atoms with Gasteiger partial charge in [0.2, 0.25) is 10.0 Å². The second kappa shape index (κ2) is 4.80. The second-order valence-electron chi connectivity index (χ2n) is 3.82. The van der Waals surface area contributed by atoms with Gasteiger partial charge < -0.3 is 0 Å². The summed E-state index contributed by atoms with van der Waals surface area (Å²) in [5.74, 6) is -0.235. The van der Waals surface area contributed by atoms with Gasteiger partial charge in [0.05, 0.1) is 16.8 Å². The Morgan fingerprint density at radius 3 is 2.53 bits per heavy atom. The number of unbranched alkanes of at least 4 members (excludes halogenated alkanes) is 1. The molecule has 1 aliphatic rings. The van der Waals surface area contributed by atoms with Crippen LogP contribution in [0.5, 0.6) is 0 Å². The molecule has 1 heterocycles. The van der Waals surface area contributed by atoms with E-state index in [1.165, 1.54) is 0 Å². The lowest BCUT2D eigenvalue weighted by Gasteiger charge is -2.10. The molecule has 1 fully saturated rings. The molecular weight excluding hydrogens is 238 g/mol. The Hall–Kier alpha value is -0.140. The number of nitrogens with one attached hydrogen (secondary N) is 1. The Morgan fingerprint density at radius 1 is 1.40 bits per heavy atom. The van der Waals surface area contributed by atoms with Crippen molar-refractivity contribution < 1.29 is 16.8 Å². The highest BCUT2D eigenvalue weighted by molar-refractivity contribution is 7.95. The van der Waals surface area contributed by atoms with Crippen molar-refractivity contribution in [2.45, 2.75) is 31.4 Å². The van der Waals surface area contributed by atoms with Gasteiger partial charge in [0.15, 0.2) is 9.84 Å². The summed E-state index contributed by atoms with van der Waals surface area (Å²) < 4.78 is 47.9. The van der Waals surface area contributed by atoms with Crippen molar-refractivity contribution in [3.8, 4) is 0 Å². The lowest BCUT2D eigenvalue weighted by atomic mass is 10.3. The molecule has 5 nitrogen and oxygen atoms in total. The monoisotopic (exact) mass is 255 g/mol. The molecular formula is C8H17NO4S2. The molecule has 1 rings (SSSR count). The van der Waals surface area contributed by atoms with Crippen molar-refractivity contribution in [2.24, 2.45) is 0 Å². The van der Waals surface area contributed by atoms with E-state index in [2.05, 4.69) is 4.72 Å². The minimum Gasteiger partial charge on any atom is -0.229 e. The van der Waals surface area contributed by atoms with E-state index >= 15 is 0 Å². The molecule has 0 unspecified atom stereocenters. The smallest absolute Gasteiger partial charge is 0.215 e. The van der Waals surface area contributed by atoms with Crippen LogP contribution in [0.4, 0.5) is 0 Å². The third-order valence-electron chi connectivity index (χ3n) is 2.46. The number of hydrogen-bond donors (Lipinski definition) is 1. The van der Waals surface area contributed by atoms with Crippen LogP contribution >= 0.6 is 0 Å². The number of rotatable bonds is 5. The van der Waals surface area contributed by atoms with Gasteiger partial charge in [-0.2, -0.15) is 0 Å². The van der Waals surface area contributed by atoms with Gasteiger partial charge in [-0.25, -0.2) is 21.6 Å². The van der Waals surface area contributed by atoms with Crippen LogP contribution in [0, 0.1) is 0 Å². The van der Waals surface area contributed by atoms with Crippen molar-refractivity contribution in [1.29, 1.82) is 0 Å². The van der Waals surface area contributed by atoms with E-state index < -0.39 is 25.1 Å². The number of sulfonamides is 1. The minimum absolute atomic E-state index is 0.00758. The van der Waals surface area contributed by atoms with E-state index in [0.717, 1.165) is 12.8 Å². The summed E-state index contributed by atoms with van der Waals surface area (Å²) in [6.07, 6.45) is 1.91. The zero-order valence-electron chi connectivity index (χ0n) is 8.77. The van der Waals surface area contributed by atoms with Crippen molar-refractivity contribution in [1.82, 2.24) is 4.72 Å². The quantitative estimate of drug-likeness (QED) is 0.695. The molecule has 0 aromatic heterocycles. The molecule has 0 aromatic rings. The van der Waals surface area contributed by atoms with Crippen molar-refractivity contribution >= 4 is 19.9 Å². The average Bonchev–Trinajstić information content (AvgIpc) is 2.47. The maximum atomic E-state index is 11.6. The summed E-state index contributed by atoms with van der Waals surface area (Å²) in [4.78, 5) is 0.